The quantitative estimate of drug-likeness (QED) is 0.466. The smallest absolute Gasteiger partial charge is 0.0383 e. The lowest BCUT2D eigenvalue weighted by Crippen LogP contribution is -1.99. The van der Waals surface area contributed by atoms with Gasteiger partial charge in [-0.25, -0.2) is 0 Å². The van der Waals surface area contributed by atoms with Crippen LogP contribution in [0.1, 0.15) is 0 Å². The highest BCUT2D eigenvalue weighted by atomic mass is 14.9. The summed E-state index contributed by atoms with van der Waals surface area (Å²) in [6, 6.07) is 5.39. The van der Waals surface area contributed by atoms with E-state index in [2.05, 4.69) is 11.9 Å². The minimum absolute atomic E-state index is 0.668. The largest absolute Gasteiger partial charge is 0.399 e. The zero-order valence-corrected chi connectivity index (χ0v) is 6.88. The number of nitrogens with two attached hydrogens (primary N) is 2. The molecule has 0 unspecified atom stereocenters. The summed E-state index contributed by atoms with van der Waals surface area (Å²) in [7, 11) is 0. The van der Waals surface area contributed by atoms with Gasteiger partial charge in [-0.15, -0.1) is 6.58 Å². The van der Waals surface area contributed by atoms with Crippen LogP contribution in [0.4, 0.5) is 17.1 Å². The van der Waals surface area contributed by atoms with E-state index in [1.54, 1.807) is 12.1 Å². The van der Waals surface area contributed by atoms with Gasteiger partial charge in [0.25, 0.3) is 0 Å². The van der Waals surface area contributed by atoms with Crippen LogP contribution in [0.15, 0.2) is 30.9 Å². The molecule has 1 aromatic rings. The van der Waals surface area contributed by atoms with Gasteiger partial charge in [-0.2, -0.15) is 0 Å². The summed E-state index contributed by atoms with van der Waals surface area (Å²) >= 11 is 0. The molecule has 0 atom stereocenters. The molecule has 64 valence electrons. The summed E-state index contributed by atoms with van der Waals surface area (Å²) in [6.07, 6.45) is 1.78. The molecule has 0 spiro atoms. The molecule has 0 saturated heterocycles. The monoisotopic (exact) mass is 163 g/mol. The van der Waals surface area contributed by atoms with Gasteiger partial charge >= 0.3 is 0 Å². The maximum atomic E-state index is 5.59. The summed E-state index contributed by atoms with van der Waals surface area (Å²) in [5.74, 6) is 0. The van der Waals surface area contributed by atoms with Crippen molar-refractivity contribution in [1.82, 2.24) is 0 Å². The van der Waals surface area contributed by atoms with E-state index in [9.17, 15) is 0 Å². The summed E-state index contributed by atoms with van der Waals surface area (Å²) in [5.41, 5.74) is 13.4. The Morgan fingerprint density at radius 3 is 2.33 bits per heavy atom. The fourth-order valence-corrected chi connectivity index (χ4v) is 0.969. The first-order valence-electron chi connectivity index (χ1n) is 3.73. The maximum absolute atomic E-state index is 5.59. The highest BCUT2D eigenvalue weighted by Gasteiger charge is 1.93. The van der Waals surface area contributed by atoms with Crippen molar-refractivity contribution in [2.75, 3.05) is 23.3 Å². The second-order valence-corrected chi connectivity index (χ2v) is 2.56. The molecule has 5 N–H and O–H groups in total. The van der Waals surface area contributed by atoms with E-state index in [4.69, 9.17) is 11.5 Å². The zero-order chi connectivity index (χ0) is 8.97. The fraction of sp³-hybridized carbons (Fsp3) is 0.111. The standard InChI is InChI=1S/C9H13N3/c1-2-3-12-9-5-7(10)4-8(11)6-9/h2,4-6,12H,1,3,10-11H2. The average molecular weight is 163 g/mol. The number of benzene rings is 1. The van der Waals surface area contributed by atoms with Gasteiger partial charge in [0.2, 0.25) is 0 Å². The Kier molecular flexibility index (Phi) is 2.58. The molecule has 12 heavy (non-hydrogen) atoms. The van der Waals surface area contributed by atoms with Gasteiger partial charge in [-0.05, 0) is 18.2 Å². The van der Waals surface area contributed by atoms with Gasteiger partial charge in [0.05, 0.1) is 0 Å². The molecule has 0 fully saturated rings. The van der Waals surface area contributed by atoms with Gasteiger partial charge in [-0.1, -0.05) is 6.08 Å². The maximum Gasteiger partial charge on any atom is 0.0383 e. The predicted octanol–water partition coefficient (Wildman–Crippen LogP) is 1.45. The molecule has 1 aromatic carbocycles. The molecule has 0 heterocycles. The molecule has 0 aromatic heterocycles. The van der Waals surface area contributed by atoms with E-state index in [1.165, 1.54) is 0 Å². The van der Waals surface area contributed by atoms with Crippen LogP contribution in [0, 0.1) is 0 Å². The van der Waals surface area contributed by atoms with E-state index in [0.717, 1.165) is 5.69 Å². The number of nitrogens with one attached hydrogen (secondary N) is 1. The molecule has 0 aliphatic carbocycles. The number of nitrogen functional groups attached to an aromatic ring is 2. The number of rotatable bonds is 3. The van der Waals surface area contributed by atoms with Crippen molar-refractivity contribution >= 4 is 17.1 Å². The second-order valence-electron chi connectivity index (χ2n) is 2.56. The number of anilines is 3. The molecule has 0 aliphatic rings. The fourth-order valence-electron chi connectivity index (χ4n) is 0.969. The van der Waals surface area contributed by atoms with Crippen LogP contribution >= 0.6 is 0 Å². The first kappa shape index (κ1) is 8.46. The lowest BCUT2D eigenvalue weighted by atomic mass is 10.2. The van der Waals surface area contributed by atoms with Crippen molar-refractivity contribution in [2.45, 2.75) is 0 Å². The minimum atomic E-state index is 0.668. The van der Waals surface area contributed by atoms with Gasteiger partial charge in [0.15, 0.2) is 0 Å². The van der Waals surface area contributed by atoms with Crippen LogP contribution in [-0.2, 0) is 0 Å². The van der Waals surface area contributed by atoms with E-state index in [0.29, 0.717) is 17.9 Å². The van der Waals surface area contributed by atoms with Crippen LogP contribution in [-0.4, -0.2) is 6.54 Å². The Bertz CT molecular complexity index is 261. The third-order valence-corrected chi connectivity index (χ3v) is 1.43. The summed E-state index contributed by atoms with van der Waals surface area (Å²) in [5, 5.41) is 3.10. The SMILES string of the molecule is C=CCNc1cc(N)cc(N)c1. The lowest BCUT2D eigenvalue weighted by Gasteiger charge is -2.05. The Balaban J connectivity index is 2.78. The van der Waals surface area contributed by atoms with Gasteiger partial charge in [0.1, 0.15) is 0 Å². The van der Waals surface area contributed by atoms with Crippen LogP contribution in [0.5, 0.6) is 0 Å². The van der Waals surface area contributed by atoms with Crippen molar-refractivity contribution < 1.29 is 0 Å². The first-order valence-corrected chi connectivity index (χ1v) is 3.73. The highest BCUT2D eigenvalue weighted by molar-refractivity contribution is 5.63. The minimum Gasteiger partial charge on any atom is -0.399 e. The molecule has 3 nitrogen and oxygen atoms in total. The van der Waals surface area contributed by atoms with E-state index < -0.39 is 0 Å². The van der Waals surface area contributed by atoms with E-state index >= 15 is 0 Å². The van der Waals surface area contributed by atoms with Crippen molar-refractivity contribution in [3.63, 3.8) is 0 Å². The van der Waals surface area contributed by atoms with Gasteiger partial charge in [0, 0.05) is 23.6 Å². The number of hydrogen-bond acceptors (Lipinski definition) is 3. The van der Waals surface area contributed by atoms with Crippen LogP contribution < -0.4 is 16.8 Å². The highest BCUT2D eigenvalue weighted by Crippen LogP contribution is 2.17. The second kappa shape index (κ2) is 3.67. The zero-order valence-electron chi connectivity index (χ0n) is 6.88. The van der Waals surface area contributed by atoms with E-state index in [1.807, 2.05) is 12.1 Å². The molecule has 3 heteroatoms. The molecule has 0 radical (unpaired) electrons. The van der Waals surface area contributed by atoms with Crippen LogP contribution in [0.2, 0.25) is 0 Å². The Hall–Kier alpha value is -1.64. The van der Waals surface area contributed by atoms with Crippen molar-refractivity contribution in [1.29, 1.82) is 0 Å². The normalized spacial score (nSPS) is 9.33. The molecule has 0 saturated carbocycles. The third-order valence-electron chi connectivity index (χ3n) is 1.43. The van der Waals surface area contributed by atoms with Crippen LogP contribution in [0.3, 0.4) is 0 Å². The van der Waals surface area contributed by atoms with Crippen LogP contribution in [0.25, 0.3) is 0 Å². The van der Waals surface area contributed by atoms with Gasteiger partial charge in [-0.3, -0.25) is 0 Å². The molecule has 0 aliphatic heterocycles. The summed E-state index contributed by atoms with van der Waals surface area (Å²) in [4.78, 5) is 0. The lowest BCUT2D eigenvalue weighted by molar-refractivity contribution is 1.34. The number of hydrogen-bond donors (Lipinski definition) is 3. The van der Waals surface area contributed by atoms with Crippen molar-refractivity contribution in [2.24, 2.45) is 0 Å². The van der Waals surface area contributed by atoms with Gasteiger partial charge < -0.3 is 16.8 Å². The molecular weight excluding hydrogens is 150 g/mol. The molecular formula is C9H13N3. The third kappa shape index (κ3) is 2.20. The topological polar surface area (TPSA) is 64.1 Å². The predicted molar refractivity (Wildman–Crippen MR) is 54.0 cm³/mol. The Morgan fingerprint density at radius 2 is 1.83 bits per heavy atom. The molecule has 0 amide bonds. The Labute approximate surface area is 72.1 Å². The van der Waals surface area contributed by atoms with Crippen molar-refractivity contribution in [3.05, 3.63) is 30.9 Å². The molecule has 0 bridgehead atoms. The van der Waals surface area contributed by atoms with Crippen molar-refractivity contribution in [3.8, 4) is 0 Å². The summed E-state index contributed by atoms with van der Waals surface area (Å²) < 4.78 is 0. The molecule has 1 rings (SSSR count). The Morgan fingerprint density at radius 1 is 1.25 bits per heavy atom. The first-order chi connectivity index (χ1) is 5.72. The van der Waals surface area contributed by atoms with E-state index in [-0.39, 0.29) is 0 Å². The summed E-state index contributed by atoms with van der Waals surface area (Å²) in [6.45, 7) is 4.31. The average Bonchev–Trinajstić information content (AvgIpc) is 1.99.